The third-order valence-electron chi connectivity index (χ3n) is 4.15. The van der Waals surface area contributed by atoms with Crippen molar-refractivity contribution in [3.8, 4) is 0 Å². The smallest absolute Gasteiger partial charge is 0.00205 e. The fourth-order valence-electron chi connectivity index (χ4n) is 2.91. The third-order valence-corrected chi connectivity index (χ3v) is 4.15. The molecule has 1 aliphatic rings. The molecule has 1 fully saturated rings. The molecule has 0 aromatic heterocycles. The Bertz CT molecular complexity index is 160. The van der Waals surface area contributed by atoms with Crippen LogP contribution in [0, 0.1) is 11.8 Å². The first-order valence-corrected chi connectivity index (χ1v) is 7.72. The van der Waals surface area contributed by atoms with Crippen molar-refractivity contribution >= 4 is 0 Å². The van der Waals surface area contributed by atoms with Crippen molar-refractivity contribution in [3.05, 3.63) is 0 Å². The maximum atomic E-state index is 3.61. The predicted molar refractivity (Wildman–Crippen MR) is 76.4 cm³/mol. The lowest BCUT2D eigenvalue weighted by atomic mass is 9.80. The van der Waals surface area contributed by atoms with E-state index in [0.29, 0.717) is 0 Å². The molecule has 0 amide bonds. The normalized spacial score (nSPS) is 25.1. The number of nitrogens with one attached hydrogen (secondary N) is 2. The van der Waals surface area contributed by atoms with Gasteiger partial charge >= 0.3 is 0 Å². The fraction of sp³-hybridized carbons (Fsp3) is 1.00. The monoisotopic (exact) mass is 240 g/mol. The van der Waals surface area contributed by atoms with Gasteiger partial charge in [-0.25, -0.2) is 0 Å². The summed E-state index contributed by atoms with van der Waals surface area (Å²) in [5, 5.41) is 6.80. The lowest BCUT2D eigenvalue weighted by Gasteiger charge is -2.28. The summed E-state index contributed by atoms with van der Waals surface area (Å²) in [7, 11) is 2.03. The van der Waals surface area contributed by atoms with Gasteiger partial charge in [-0.2, -0.15) is 0 Å². The van der Waals surface area contributed by atoms with Crippen LogP contribution in [0.3, 0.4) is 0 Å². The van der Waals surface area contributed by atoms with Gasteiger partial charge in [0.25, 0.3) is 0 Å². The Balaban J connectivity index is 1.95. The van der Waals surface area contributed by atoms with E-state index in [9.17, 15) is 0 Å². The van der Waals surface area contributed by atoms with Gasteiger partial charge < -0.3 is 10.6 Å². The fourth-order valence-corrected chi connectivity index (χ4v) is 2.91. The molecule has 17 heavy (non-hydrogen) atoms. The molecule has 0 unspecified atom stereocenters. The molecule has 102 valence electrons. The number of hydrogen-bond donors (Lipinski definition) is 2. The van der Waals surface area contributed by atoms with Crippen LogP contribution in [0.1, 0.15) is 58.3 Å². The first kappa shape index (κ1) is 15.0. The second-order valence-electron chi connectivity index (χ2n) is 5.69. The Morgan fingerprint density at radius 2 is 1.65 bits per heavy atom. The molecule has 0 spiro atoms. The molecule has 2 heteroatoms. The molecule has 0 aromatic rings. The number of unbranched alkanes of at least 4 members (excludes halogenated alkanes) is 1. The van der Waals surface area contributed by atoms with E-state index in [-0.39, 0.29) is 0 Å². The number of rotatable bonds is 9. The van der Waals surface area contributed by atoms with Gasteiger partial charge in [0.15, 0.2) is 0 Å². The minimum atomic E-state index is 0.961. The maximum Gasteiger partial charge on any atom is -0.00205 e. The molecule has 0 atom stereocenters. The van der Waals surface area contributed by atoms with E-state index in [1.54, 1.807) is 0 Å². The average Bonchev–Trinajstić information content (AvgIpc) is 2.37. The van der Waals surface area contributed by atoms with Gasteiger partial charge in [0.1, 0.15) is 0 Å². The summed E-state index contributed by atoms with van der Waals surface area (Å²) in [5.74, 6) is 2.01. The van der Waals surface area contributed by atoms with Crippen molar-refractivity contribution in [2.75, 3.05) is 26.7 Å². The molecule has 0 radical (unpaired) electrons. The molecule has 0 heterocycles. The van der Waals surface area contributed by atoms with Crippen molar-refractivity contribution in [2.24, 2.45) is 11.8 Å². The second kappa shape index (κ2) is 9.90. The summed E-state index contributed by atoms with van der Waals surface area (Å²) in [6.45, 7) is 5.87. The van der Waals surface area contributed by atoms with Crippen molar-refractivity contribution in [2.45, 2.75) is 58.3 Å². The highest BCUT2D eigenvalue weighted by atomic mass is 14.9. The van der Waals surface area contributed by atoms with Crippen LogP contribution in [0.4, 0.5) is 0 Å². The van der Waals surface area contributed by atoms with Crippen LogP contribution in [0.2, 0.25) is 0 Å². The van der Waals surface area contributed by atoms with Crippen LogP contribution in [-0.2, 0) is 0 Å². The zero-order valence-corrected chi connectivity index (χ0v) is 11.9. The summed E-state index contributed by atoms with van der Waals surface area (Å²) < 4.78 is 0. The highest BCUT2D eigenvalue weighted by Crippen LogP contribution is 2.31. The van der Waals surface area contributed by atoms with E-state index in [2.05, 4.69) is 17.6 Å². The van der Waals surface area contributed by atoms with Gasteiger partial charge in [-0.05, 0) is 57.8 Å². The quantitative estimate of drug-likeness (QED) is 0.605. The van der Waals surface area contributed by atoms with E-state index in [0.717, 1.165) is 18.4 Å². The van der Waals surface area contributed by atoms with Crippen LogP contribution >= 0.6 is 0 Å². The largest absolute Gasteiger partial charge is 0.320 e. The Morgan fingerprint density at radius 1 is 0.941 bits per heavy atom. The van der Waals surface area contributed by atoms with E-state index < -0.39 is 0 Å². The molecule has 2 N–H and O–H groups in total. The Labute approximate surface area is 108 Å². The van der Waals surface area contributed by atoms with Gasteiger partial charge in [-0.1, -0.05) is 39.0 Å². The van der Waals surface area contributed by atoms with E-state index >= 15 is 0 Å². The van der Waals surface area contributed by atoms with Gasteiger partial charge in [0.2, 0.25) is 0 Å². The van der Waals surface area contributed by atoms with Crippen molar-refractivity contribution in [1.29, 1.82) is 0 Å². The van der Waals surface area contributed by atoms with Gasteiger partial charge in [0, 0.05) is 0 Å². The molecule has 0 aliphatic heterocycles. The van der Waals surface area contributed by atoms with Crippen LogP contribution in [-0.4, -0.2) is 26.7 Å². The molecule has 0 aromatic carbocycles. The maximum absolute atomic E-state index is 3.61. The lowest BCUT2D eigenvalue weighted by molar-refractivity contribution is 0.254. The minimum absolute atomic E-state index is 0.961. The molecule has 0 bridgehead atoms. The molecule has 2 nitrogen and oxygen atoms in total. The summed E-state index contributed by atoms with van der Waals surface area (Å²) in [5.41, 5.74) is 0. The van der Waals surface area contributed by atoms with Crippen LogP contribution in [0.15, 0.2) is 0 Å². The zero-order valence-electron chi connectivity index (χ0n) is 11.9. The summed E-state index contributed by atoms with van der Waals surface area (Å²) in [6.07, 6.45) is 11.5. The Kier molecular flexibility index (Phi) is 8.72. The summed E-state index contributed by atoms with van der Waals surface area (Å²) in [6, 6.07) is 0. The summed E-state index contributed by atoms with van der Waals surface area (Å²) in [4.78, 5) is 0. The van der Waals surface area contributed by atoms with Crippen LogP contribution in [0.5, 0.6) is 0 Å². The highest BCUT2D eigenvalue weighted by molar-refractivity contribution is 4.74. The zero-order chi connectivity index (χ0) is 12.3. The standard InChI is InChI=1S/C15H32N2/c1-3-4-6-14-7-9-15(10-8-14)13-17-12-5-11-16-2/h14-17H,3-13H2,1-2H3. The third kappa shape index (κ3) is 7.05. The molecule has 1 saturated carbocycles. The summed E-state index contributed by atoms with van der Waals surface area (Å²) >= 11 is 0. The van der Waals surface area contributed by atoms with Crippen molar-refractivity contribution in [3.63, 3.8) is 0 Å². The SMILES string of the molecule is CCCCC1CCC(CNCCCNC)CC1. The Morgan fingerprint density at radius 3 is 2.29 bits per heavy atom. The highest BCUT2D eigenvalue weighted by Gasteiger charge is 2.20. The Hall–Kier alpha value is -0.0800. The predicted octanol–water partition coefficient (Wildman–Crippen LogP) is 3.18. The number of hydrogen-bond acceptors (Lipinski definition) is 2. The van der Waals surface area contributed by atoms with E-state index in [1.165, 1.54) is 64.5 Å². The van der Waals surface area contributed by atoms with Gasteiger partial charge in [-0.3, -0.25) is 0 Å². The molecule has 1 rings (SSSR count). The van der Waals surface area contributed by atoms with Crippen LogP contribution in [0.25, 0.3) is 0 Å². The first-order valence-electron chi connectivity index (χ1n) is 7.72. The second-order valence-corrected chi connectivity index (χ2v) is 5.69. The van der Waals surface area contributed by atoms with Crippen LogP contribution < -0.4 is 10.6 Å². The van der Waals surface area contributed by atoms with Crippen molar-refractivity contribution < 1.29 is 0 Å². The van der Waals surface area contributed by atoms with E-state index in [4.69, 9.17) is 0 Å². The first-order chi connectivity index (χ1) is 8.36. The van der Waals surface area contributed by atoms with Gasteiger partial charge in [0.05, 0.1) is 0 Å². The molecule has 0 saturated heterocycles. The molecular weight excluding hydrogens is 208 g/mol. The van der Waals surface area contributed by atoms with Gasteiger partial charge in [-0.15, -0.1) is 0 Å². The van der Waals surface area contributed by atoms with E-state index in [1.807, 2.05) is 7.05 Å². The lowest BCUT2D eigenvalue weighted by Crippen LogP contribution is -2.28. The molecule has 1 aliphatic carbocycles. The minimum Gasteiger partial charge on any atom is -0.320 e. The topological polar surface area (TPSA) is 24.1 Å². The van der Waals surface area contributed by atoms with Crippen molar-refractivity contribution in [1.82, 2.24) is 10.6 Å². The average molecular weight is 240 g/mol. The molecular formula is C15H32N2.